The van der Waals surface area contributed by atoms with Crippen LogP contribution in [0.1, 0.15) is 34.1 Å². The van der Waals surface area contributed by atoms with Gasteiger partial charge in [-0.05, 0) is 24.0 Å². The van der Waals surface area contributed by atoms with Gasteiger partial charge in [0, 0.05) is 13.7 Å². The van der Waals surface area contributed by atoms with Gasteiger partial charge in [-0.1, -0.05) is 52.0 Å². The Hall–Kier alpha value is -2.46. The summed E-state index contributed by atoms with van der Waals surface area (Å²) in [5, 5.41) is 33.6. The van der Waals surface area contributed by atoms with Crippen molar-refractivity contribution in [3.8, 4) is 5.75 Å². The van der Waals surface area contributed by atoms with Gasteiger partial charge in [0.15, 0.2) is 6.10 Å². The van der Waals surface area contributed by atoms with Crippen LogP contribution in [0, 0.1) is 5.41 Å². The highest BCUT2D eigenvalue weighted by Gasteiger charge is 2.38. The number of para-hydroxylation sites is 2. The molecule has 0 bridgehead atoms. The van der Waals surface area contributed by atoms with Crippen LogP contribution in [-0.2, 0) is 14.3 Å². The average Bonchev–Trinajstić information content (AvgIpc) is 2.89. The number of allylic oxidation sites excluding steroid dienone is 1. The van der Waals surface area contributed by atoms with Gasteiger partial charge in [-0.2, -0.15) is 0 Å². The lowest BCUT2D eigenvalue weighted by atomic mass is 9.94. The second-order valence-electron chi connectivity index (χ2n) is 9.18. The predicted molar refractivity (Wildman–Crippen MR) is 124 cm³/mol. The van der Waals surface area contributed by atoms with Gasteiger partial charge in [-0.15, -0.1) is 0 Å². The molecular weight excluding hydrogens is 428 g/mol. The number of aliphatic hydroxyl groups excluding tert-OH is 3. The highest BCUT2D eigenvalue weighted by molar-refractivity contribution is 6.01. The SMILES string of the molecule is CCCN1C(=O)[C@@H](NC(=O)[C@H](OC)[C@H](O)[C@@H](O)[C@H](O)/C=C/C(C)(C)C)COc2ccccc21. The van der Waals surface area contributed by atoms with E-state index in [2.05, 4.69) is 5.32 Å². The Bertz CT molecular complexity index is 836. The smallest absolute Gasteiger partial charge is 0.253 e. The van der Waals surface area contributed by atoms with Crippen molar-refractivity contribution in [2.75, 3.05) is 25.2 Å². The van der Waals surface area contributed by atoms with Crippen LogP contribution in [-0.4, -0.2) is 77.9 Å². The van der Waals surface area contributed by atoms with E-state index in [0.29, 0.717) is 24.4 Å². The molecule has 4 N–H and O–H groups in total. The minimum absolute atomic E-state index is 0.103. The first-order valence-electron chi connectivity index (χ1n) is 11.1. The first-order valence-corrected chi connectivity index (χ1v) is 11.1. The van der Waals surface area contributed by atoms with Gasteiger partial charge in [-0.3, -0.25) is 9.59 Å². The Balaban J connectivity index is 2.14. The molecule has 2 amide bonds. The fraction of sp³-hybridized carbons (Fsp3) is 0.583. The molecule has 0 aromatic heterocycles. The second kappa shape index (κ2) is 11.6. The largest absolute Gasteiger partial charge is 0.489 e. The van der Waals surface area contributed by atoms with E-state index in [-0.39, 0.29) is 17.9 Å². The number of hydrogen-bond donors (Lipinski definition) is 4. The summed E-state index contributed by atoms with van der Waals surface area (Å²) >= 11 is 0. The number of fused-ring (bicyclic) bond motifs is 1. The fourth-order valence-corrected chi connectivity index (χ4v) is 3.45. The van der Waals surface area contributed by atoms with Crippen molar-refractivity contribution >= 4 is 17.5 Å². The average molecular weight is 465 g/mol. The molecule has 1 aromatic carbocycles. The molecule has 0 fully saturated rings. The zero-order valence-corrected chi connectivity index (χ0v) is 19.9. The number of benzene rings is 1. The van der Waals surface area contributed by atoms with E-state index < -0.39 is 36.4 Å². The van der Waals surface area contributed by atoms with Gasteiger partial charge in [0.1, 0.15) is 36.7 Å². The maximum Gasteiger partial charge on any atom is 0.253 e. The Morgan fingerprint density at radius 1 is 1.27 bits per heavy atom. The lowest BCUT2D eigenvalue weighted by Gasteiger charge is -2.29. The van der Waals surface area contributed by atoms with Crippen molar-refractivity contribution in [3.05, 3.63) is 36.4 Å². The summed E-state index contributed by atoms with van der Waals surface area (Å²) in [6.45, 7) is 8.01. The molecule has 1 heterocycles. The molecule has 2 rings (SSSR count). The van der Waals surface area contributed by atoms with Crippen LogP contribution in [0.2, 0.25) is 0 Å². The van der Waals surface area contributed by atoms with Crippen LogP contribution in [0.3, 0.4) is 0 Å². The molecule has 1 aromatic rings. The van der Waals surface area contributed by atoms with E-state index in [9.17, 15) is 24.9 Å². The van der Waals surface area contributed by atoms with Crippen molar-refractivity contribution in [3.63, 3.8) is 0 Å². The Morgan fingerprint density at radius 2 is 1.94 bits per heavy atom. The molecule has 0 saturated heterocycles. The van der Waals surface area contributed by atoms with E-state index in [1.807, 2.05) is 27.7 Å². The van der Waals surface area contributed by atoms with Gasteiger partial charge >= 0.3 is 0 Å². The molecule has 5 atom stereocenters. The summed E-state index contributed by atoms with van der Waals surface area (Å²) < 4.78 is 10.9. The number of ether oxygens (including phenoxy) is 2. The monoisotopic (exact) mass is 464 g/mol. The van der Waals surface area contributed by atoms with Crippen LogP contribution in [0.15, 0.2) is 36.4 Å². The maximum absolute atomic E-state index is 13.2. The zero-order valence-electron chi connectivity index (χ0n) is 19.9. The van der Waals surface area contributed by atoms with Crippen molar-refractivity contribution in [1.29, 1.82) is 0 Å². The number of methoxy groups -OCH3 is 1. The van der Waals surface area contributed by atoms with E-state index >= 15 is 0 Å². The number of rotatable bonds is 9. The van der Waals surface area contributed by atoms with E-state index in [0.717, 1.165) is 0 Å². The van der Waals surface area contributed by atoms with Gasteiger partial charge in [0.25, 0.3) is 11.8 Å². The third-order valence-electron chi connectivity index (χ3n) is 5.21. The number of nitrogens with one attached hydrogen (secondary N) is 1. The molecule has 9 heteroatoms. The fourth-order valence-electron chi connectivity index (χ4n) is 3.45. The van der Waals surface area contributed by atoms with Crippen LogP contribution in [0.5, 0.6) is 5.75 Å². The summed E-state index contributed by atoms with van der Waals surface area (Å²) in [5.41, 5.74) is 0.375. The summed E-state index contributed by atoms with van der Waals surface area (Å²) in [5.74, 6) is -0.628. The molecule has 0 radical (unpaired) electrons. The molecule has 9 nitrogen and oxygen atoms in total. The Morgan fingerprint density at radius 3 is 2.55 bits per heavy atom. The third kappa shape index (κ3) is 7.01. The van der Waals surface area contributed by atoms with Crippen molar-refractivity contribution in [1.82, 2.24) is 5.32 Å². The van der Waals surface area contributed by atoms with Gasteiger partial charge in [-0.25, -0.2) is 0 Å². The lowest BCUT2D eigenvalue weighted by molar-refractivity contribution is -0.150. The first kappa shape index (κ1) is 26.8. The van der Waals surface area contributed by atoms with Crippen molar-refractivity contribution in [2.45, 2.75) is 64.6 Å². The van der Waals surface area contributed by atoms with Crippen LogP contribution >= 0.6 is 0 Å². The van der Waals surface area contributed by atoms with E-state index in [1.165, 1.54) is 13.2 Å². The molecule has 0 unspecified atom stereocenters. The highest BCUT2D eigenvalue weighted by Crippen LogP contribution is 2.31. The summed E-state index contributed by atoms with van der Waals surface area (Å²) in [6, 6.07) is 6.10. The van der Waals surface area contributed by atoms with Gasteiger partial charge < -0.3 is 35.0 Å². The van der Waals surface area contributed by atoms with Gasteiger partial charge in [0.2, 0.25) is 0 Å². The van der Waals surface area contributed by atoms with Gasteiger partial charge in [0.05, 0.1) is 5.69 Å². The molecule has 1 aliphatic rings. The summed E-state index contributed by atoms with van der Waals surface area (Å²) in [6.07, 6.45) is -2.59. The minimum Gasteiger partial charge on any atom is -0.489 e. The van der Waals surface area contributed by atoms with E-state index in [1.54, 1.807) is 35.2 Å². The van der Waals surface area contributed by atoms with Crippen molar-refractivity contribution < 1.29 is 34.4 Å². The zero-order chi connectivity index (χ0) is 24.8. The highest BCUT2D eigenvalue weighted by atomic mass is 16.5. The number of nitrogens with zero attached hydrogens (tertiary/aromatic N) is 1. The molecule has 0 aliphatic carbocycles. The number of carbonyl (C=O) groups excluding carboxylic acids is 2. The maximum atomic E-state index is 13.2. The molecule has 0 saturated carbocycles. The van der Waals surface area contributed by atoms with Crippen LogP contribution in [0.4, 0.5) is 5.69 Å². The predicted octanol–water partition coefficient (Wildman–Crippen LogP) is 1.01. The quantitative estimate of drug-likeness (QED) is 0.402. The molecule has 184 valence electrons. The Labute approximate surface area is 195 Å². The normalized spacial score (nSPS) is 20.4. The number of anilines is 1. The number of carbonyl (C=O) groups is 2. The Kier molecular flexibility index (Phi) is 9.42. The van der Waals surface area contributed by atoms with E-state index in [4.69, 9.17) is 9.47 Å². The van der Waals surface area contributed by atoms with Crippen molar-refractivity contribution in [2.24, 2.45) is 5.41 Å². The molecule has 33 heavy (non-hydrogen) atoms. The molecule has 1 aliphatic heterocycles. The third-order valence-corrected chi connectivity index (χ3v) is 5.21. The number of amides is 2. The number of aliphatic hydroxyl groups is 3. The second-order valence-corrected chi connectivity index (χ2v) is 9.18. The topological polar surface area (TPSA) is 129 Å². The summed E-state index contributed by atoms with van der Waals surface area (Å²) in [4.78, 5) is 27.6. The first-order chi connectivity index (χ1) is 15.5. The molecular formula is C24H36N2O7. The summed E-state index contributed by atoms with van der Waals surface area (Å²) in [7, 11) is 1.20. The number of hydrogen-bond acceptors (Lipinski definition) is 7. The van der Waals surface area contributed by atoms with Crippen LogP contribution in [0.25, 0.3) is 0 Å². The minimum atomic E-state index is -1.74. The molecule has 0 spiro atoms. The standard InChI is InChI=1S/C24H36N2O7/c1-6-13-26-16-9-7-8-10-18(16)33-14-15(23(26)31)25-22(30)21(32-5)20(29)19(28)17(27)11-12-24(2,3)4/h7-12,15,17,19-21,27-29H,6,13-14H2,1-5H3,(H,25,30)/b12-11+/t15-,17+,19-,20+,21+/m0/s1. The lowest BCUT2D eigenvalue weighted by Crippen LogP contribution is -2.57. The van der Waals surface area contributed by atoms with Crippen LogP contribution < -0.4 is 15.0 Å².